The van der Waals surface area contributed by atoms with E-state index in [1.807, 2.05) is 48.0 Å². The molecular weight excluding hydrogens is 328 g/mol. The van der Waals surface area contributed by atoms with Gasteiger partial charge >= 0.3 is 0 Å². The van der Waals surface area contributed by atoms with Crippen LogP contribution in [0.3, 0.4) is 0 Å². The highest BCUT2D eigenvalue weighted by atomic mass is 32.1. The van der Waals surface area contributed by atoms with Crippen molar-refractivity contribution in [3.05, 3.63) is 83.2 Å². The number of para-hydroxylation sites is 1. The molecule has 3 aromatic rings. The van der Waals surface area contributed by atoms with Crippen LogP contribution in [0.2, 0.25) is 0 Å². The summed E-state index contributed by atoms with van der Waals surface area (Å²) >= 11 is 5.39. The van der Waals surface area contributed by atoms with Crippen molar-refractivity contribution in [2.75, 3.05) is 0 Å². The van der Waals surface area contributed by atoms with Crippen LogP contribution in [-0.4, -0.2) is 14.9 Å². The summed E-state index contributed by atoms with van der Waals surface area (Å²) < 4.78 is 1.98. The van der Waals surface area contributed by atoms with Crippen molar-refractivity contribution >= 4 is 17.3 Å². The van der Waals surface area contributed by atoms with Gasteiger partial charge in [-0.05, 0) is 43.8 Å². The fourth-order valence-corrected chi connectivity index (χ4v) is 2.91. The molecular formula is C20H22N4S. The SMILES string of the molecule is Cc1nn(-c2ccccc2)c(C)c1CNC(=S)NCc1ccccc1. The number of aromatic nitrogens is 2. The van der Waals surface area contributed by atoms with E-state index < -0.39 is 0 Å². The summed E-state index contributed by atoms with van der Waals surface area (Å²) in [4.78, 5) is 0. The minimum absolute atomic E-state index is 0.648. The van der Waals surface area contributed by atoms with Gasteiger partial charge in [-0.1, -0.05) is 48.5 Å². The highest BCUT2D eigenvalue weighted by Crippen LogP contribution is 2.17. The second-order valence-corrected chi connectivity index (χ2v) is 6.33. The topological polar surface area (TPSA) is 41.9 Å². The average Bonchev–Trinajstić information content (AvgIpc) is 2.94. The van der Waals surface area contributed by atoms with Gasteiger partial charge in [0.25, 0.3) is 0 Å². The standard InChI is InChI=1S/C20H22N4S/c1-15-19(16(2)24(23-15)18-11-7-4-8-12-18)14-22-20(25)21-13-17-9-5-3-6-10-17/h3-12H,13-14H2,1-2H3,(H2,21,22,25). The Morgan fingerprint density at radius 1 is 0.920 bits per heavy atom. The third kappa shape index (κ3) is 4.25. The van der Waals surface area contributed by atoms with E-state index in [9.17, 15) is 0 Å². The summed E-state index contributed by atoms with van der Waals surface area (Å²) in [7, 11) is 0. The fourth-order valence-electron chi connectivity index (χ4n) is 2.76. The molecule has 0 radical (unpaired) electrons. The first-order valence-electron chi connectivity index (χ1n) is 8.31. The molecule has 0 aliphatic carbocycles. The van der Waals surface area contributed by atoms with E-state index in [0.717, 1.165) is 17.1 Å². The quantitative estimate of drug-likeness (QED) is 0.689. The van der Waals surface area contributed by atoms with Crippen molar-refractivity contribution in [2.45, 2.75) is 26.9 Å². The molecule has 2 aromatic carbocycles. The lowest BCUT2D eigenvalue weighted by molar-refractivity contribution is 0.818. The summed E-state index contributed by atoms with van der Waals surface area (Å²) in [5.74, 6) is 0. The Balaban J connectivity index is 1.61. The van der Waals surface area contributed by atoms with E-state index in [0.29, 0.717) is 18.2 Å². The molecule has 0 atom stereocenters. The molecule has 0 saturated heterocycles. The van der Waals surface area contributed by atoms with Gasteiger partial charge in [0.05, 0.1) is 11.4 Å². The molecule has 128 valence electrons. The van der Waals surface area contributed by atoms with E-state index >= 15 is 0 Å². The molecule has 0 bridgehead atoms. The van der Waals surface area contributed by atoms with Gasteiger partial charge in [-0.2, -0.15) is 5.10 Å². The Bertz CT molecular complexity index is 841. The lowest BCUT2D eigenvalue weighted by Crippen LogP contribution is -2.34. The van der Waals surface area contributed by atoms with Gasteiger partial charge in [-0.25, -0.2) is 4.68 Å². The van der Waals surface area contributed by atoms with Crippen molar-refractivity contribution in [3.63, 3.8) is 0 Å². The van der Waals surface area contributed by atoms with Crippen molar-refractivity contribution in [1.82, 2.24) is 20.4 Å². The van der Waals surface area contributed by atoms with Gasteiger partial charge in [0.15, 0.2) is 5.11 Å². The van der Waals surface area contributed by atoms with Crippen molar-refractivity contribution < 1.29 is 0 Å². The van der Waals surface area contributed by atoms with Crippen LogP contribution in [0.15, 0.2) is 60.7 Å². The predicted molar refractivity (Wildman–Crippen MR) is 106 cm³/mol. The Kier molecular flexibility index (Phi) is 5.46. The van der Waals surface area contributed by atoms with Gasteiger partial charge in [0, 0.05) is 24.3 Å². The molecule has 0 amide bonds. The zero-order valence-electron chi connectivity index (χ0n) is 14.5. The molecule has 25 heavy (non-hydrogen) atoms. The zero-order chi connectivity index (χ0) is 17.6. The number of hydrogen-bond donors (Lipinski definition) is 2. The van der Waals surface area contributed by atoms with Crippen LogP contribution in [0.25, 0.3) is 5.69 Å². The Morgan fingerprint density at radius 3 is 2.20 bits per heavy atom. The highest BCUT2D eigenvalue weighted by molar-refractivity contribution is 7.80. The van der Waals surface area contributed by atoms with Gasteiger partial charge in [-0.3, -0.25) is 0 Å². The maximum Gasteiger partial charge on any atom is 0.166 e. The Labute approximate surface area is 153 Å². The summed E-state index contributed by atoms with van der Waals surface area (Å²) in [6.45, 7) is 5.49. The second kappa shape index (κ2) is 7.94. The van der Waals surface area contributed by atoms with Gasteiger partial charge in [0.1, 0.15) is 0 Å². The van der Waals surface area contributed by atoms with Crippen LogP contribution < -0.4 is 10.6 Å². The van der Waals surface area contributed by atoms with Crippen LogP contribution >= 0.6 is 12.2 Å². The normalized spacial score (nSPS) is 10.5. The van der Waals surface area contributed by atoms with Gasteiger partial charge < -0.3 is 10.6 Å². The molecule has 0 unspecified atom stereocenters. The zero-order valence-corrected chi connectivity index (χ0v) is 15.3. The molecule has 0 aliphatic rings. The highest BCUT2D eigenvalue weighted by Gasteiger charge is 2.12. The molecule has 2 N–H and O–H groups in total. The third-order valence-electron chi connectivity index (χ3n) is 4.16. The van der Waals surface area contributed by atoms with E-state index in [-0.39, 0.29) is 0 Å². The first-order chi connectivity index (χ1) is 12.1. The maximum absolute atomic E-state index is 5.39. The van der Waals surface area contributed by atoms with Gasteiger partial charge in [0.2, 0.25) is 0 Å². The van der Waals surface area contributed by atoms with Crippen LogP contribution in [-0.2, 0) is 13.1 Å². The van der Waals surface area contributed by atoms with E-state index in [2.05, 4.69) is 46.9 Å². The smallest absolute Gasteiger partial charge is 0.166 e. The summed E-state index contributed by atoms with van der Waals surface area (Å²) in [6.07, 6.45) is 0. The third-order valence-corrected chi connectivity index (χ3v) is 4.45. The number of rotatable bonds is 5. The first-order valence-corrected chi connectivity index (χ1v) is 8.72. The van der Waals surface area contributed by atoms with Crippen LogP contribution in [0, 0.1) is 13.8 Å². The van der Waals surface area contributed by atoms with Crippen LogP contribution in [0.5, 0.6) is 0 Å². The van der Waals surface area contributed by atoms with E-state index in [1.165, 1.54) is 11.1 Å². The molecule has 4 nitrogen and oxygen atoms in total. The molecule has 0 spiro atoms. The molecule has 0 fully saturated rings. The molecule has 3 rings (SSSR count). The van der Waals surface area contributed by atoms with E-state index in [1.54, 1.807) is 0 Å². The number of nitrogens with one attached hydrogen (secondary N) is 2. The van der Waals surface area contributed by atoms with E-state index in [4.69, 9.17) is 12.2 Å². The Hall–Kier alpha value is -2.66. The van der Waals surface area contributed by atoms with Crippen LogP contribution in [0.4, 0.5) is 0 Å². The largest absolute Gasteiger partial charge is 0.359 e. The summed E-state index contributed by atoms with van der Waals surface area (Å²) in [6, 6.07) is 20.4. The number of hydrogen-bond acceptors (Lipinski definition) is 2. The lowest BCUT2D eigenvalue weighted by atomic mass is 10.2. The first kappa shape index (κ1) is 17.2. The minimum Gasteiger partial charge on any atom is -0.359 e. The van der Waals surface area contributed by atoms with Crippen molar-refractivity contribution in [1.29, 1.82) is 0 Å². The van der Waals surface area contributed by atoms with Crippen molar-refractivity contribution in [2.24, 2.45) is 0 Å². The van der Waals surface area contributed by atoms with Crippen LogP contribution in [0.1, 0.15) is 22.5 Å². The number of thiocarbonyl (C=S) groups is 1. The second-order valence-electron chi connectivity index (χ2n) is 5.92. The monoisotopic (exact) mass is 350 g/mol. The molecule has 1 aromatic heterocycles. The lowest BCUT2D eigenvalue weighted by Gasteiger charge is -2.11. The number of aryl methyl sites for hydroxylation is 1. The molecule has 5 heteroatoms. The number of nitrogens with zero attached hydrogens (tertiary/aromatic N) is 2. The molecule has 0 saturated carbocycles. The minimum atomic E-state index is 0.648. The average molecular weight is 350 g/mol. The molecule has 0 aliphatic heterocycles. The summed E-state index contributed by atoms with van der Waals surface area (Å²) in [5, 5.41) is 11.8. The Morgan fingerprint density at radius 2 is 1.52 bits per heavy atom. The number of benzene rings is 2. The van der Waals surface area contributed by atoms with Crippen molar-refractivity contribution in [3.8, 4) is 5.69 Å². The fraction of sp³-hybridized carbons (Fsp3) is 0.200. The maximum atomic E-state index is 5.39. The summed E-state index contributed by atoms with van der Waals surface area (Å²) in [5.41, 5.74) is 5.59. The predicted octanol–water partition coefficient (Wildman–Crippen LogP) is 3.65. The van der Waals surface area contributed by atoms with Gasteiger partial charge in [-0.15, -0.1) is 0 Å². The molecule has 1 heterocycles.